The number of fused-ring (bicyclic) bond motifs is 1. The van der Waals surface area contributed by atoms with Crippen molar-refractivity contribution in [2.24, 2.45) is 0 Å². The van der Waals surface area contributed by atoms with Crippen molar-refractivity contribution in [1.82, 2.24) is 34.6 Å². The number of aromatic nitrogens is 6. The first-order chi connectivity index (χ1) is 13.0. The predicted octanol–water partition coefficient (Wildman–Crippen LogP) is -1.41. The van der Waals surface area contributed by atoms with E-state index in [1.807, 2.05) is 0 Å². The number of imidazole rings is 1. The molecule has 4 heterocycles. The first-order valence-corrected chi connectivity index (χ1v) is 8.23. The van der Waals surface area contributed by atoms with Crippen molar-refractivity contribution in [2.45, 2.75) is 24.9 Å². The Labute approximate surface area is 152 Å². The van der Waals surface area contributed by atoms with E-state index in [4.69, 9.17) is 10.5 Å². The van der Waals surface area contributed by atoms with Crippen LogP contribution in [0.2, 0.25) is 0 Å². The molecule has 142 valence electrons. The molecule has 3 aromatic rings. The van der Waals surface area contributed by atoms with Crippen molar-refractivity contribution < 1.29 is 19.7 Å². The minimum absolute atomic E-state index is 0.122. The van der Waals surface area contributed by atoms with Gasteiger partial charge < -0.3 is 26.0 Å². The number of carbonyl (C=O) groups excluding carboxylic acids is 1. The summed E-state index contributed by atoms with van der Waals surface area (Å²) in [4.78, 5) is 24.5. The Morgan fingerprint density at radius 1 is 1.48 bits per heavy atom. The molecule has 12 nitrogen and oxygen atoms in total. The van der Waals surface area contributed by atoms with E-state index >= 15 is 0 Å². The molecule has 0 radical (unpaired) electrons. The van der Waals surface area contributed by atoms with Crippen molar-refractivity contribution >= 4 is 22.9 Å². The smallest absolute Gasteiger partial charge is 0.254 e. The zero-order valence-electron chi connectivity index (χ0n) is 14.3. The van der Waals surface area contributed by atoms with Crippen molar-refractivity contribution in [3.63, 3.8) is 0 Å². The van der Waals surface area contributed by atoms with E-state index in [2.05, 4.69) is 25.4 Å². The maximum absolute atomic E-state index is 11.7. The van der Waals surface area contributed by atoms with Crippen LogP contribution >= 0.6 is 0 Å². The first kappa shape index (κ1) is 17.3. The molecule has 1 aliphatic rings. The highest BCUT2D eigenvalue weighted by Crippen LogP contribution is 2.31. The van der Waals surface area contributed by atoms with Crippen LogP contribution in [0.4, 0.5) is 5.82 Å². The van der Waals surface area contributed by atoms with Crippen LogP contribution in [0.5, 0.6) is 0 Å². The van der Waals surface area contributed by atoms with Gasteiger partial charge in [-0.05, 0) is 0 Å². The molecule has 1 aliphatic heterocycles. The lowest BCUT2D eigenvalue weighted by Gasteiger charge is -2.16. The third-order valence-electron chi connectivity index (χ3n) is 4.36. The standard InChI is InChI=1S/C15H18N8O4/c1-17-13(26)7-3-19-23(4-7)15-20-11(16)10-12(21-15)22(6-18-10)14-9(25)2-8(5-24)27-14/h3-4,6,8-9,14,24-25H,2,5H2,1H3,(H,17,26)(H2,16,20,21)/t8-,9+,14+/m0/s1. The number of nitrogens with zero attached hydrogens (tertiary/aromatic N) is 6. The van der Waals surface area contributed by atoms with E-state index in [0.717, 1.165) is 0 Å². The van der Waals surface area contributed by atoms with Gasteiger partial charge in [-0.2, -0.15) is 15.1 Å². The van der Waals surface area contributed by atoms with Crippen LogP contribution in [0, 0.1) is 0 Å². The molecule has 0 saturated carbocycles. The number of hydrogen-bond acceptors (Lipinski definition) is 9. The fourth-order valence-electron chi connectivity index (χ4n) is 3.01. The van der Waals surface area contributed by atoms with E-state index in [-0.39, 0.29) is 24.3 Å². The lowest BCUT2D eigenvalue weighted by molar-refractivity contribution is -0.0486. The molecule has 0 unspecified atom stereocenters. The summed E-state index contributed by atoms with van der Waals surface area (Å²) in [5.74, 6) is -0.0297. The lowest BCUT2D eigenvalue weighted by atomic mass is 10.2. The number of rotatable bonds is 4. The van der Waals surface area contributed by atoms with Crippen LogP contribution in [0.1, 0.15) is 23.0 Å². The Hall–Kier alpha value is -3.09. The van der Waals surface area contributed by atoms with Crippen LogP contribution in [-0.2, 0) is 4.74 Å². The lowest BCUT2D eigenvalue weighted by Crippen LogP contribution is -2.19. The van der Waals surface area contributed by atoms with Gasteiger partial charge >= 0.3 is 0 Å². The van der Waals surface area contributed by atoms with Crippen LogP contribution in [0.3, 0.4) is 0 Å². The van der Waals surface area contributed by atoms with Crippen molar-refractivity contribution in [3.8, 4) is 5.95 Å². The van der Waals surface area contributed by atoms with Crippen molar-refractivity contribution in [1.29, 1.82) is 0 Å². The van der Waals surface area contributed by atoms with Gasteiger partial charge in [-0.15, -0.1) is 0 Å². The summed E-state index contributed by atoms with van der Waals surface area (Å²) >= 11 is 0. The van der Waals surface area contributed by atoms with Crippen molar-refractivity contribution in [3.05, 3.63) is 24.3 Å². The zero-order valence-corrected chi connectivity index (χ0v) is 14.3. The Balaban J connectivity index is 1.76. The average Bonchev–Trinajstić information content (AvgIpc) is 3.38. The maximum atomic E-state index is 11.7. The average molecular weight is 374 g/mol. The number of nitrogen functional groups attached to an aromatic ring is 1. The van der Waals surface area contributed by atoms with Gasteiger partial charge in [0.1, 0.15) is 11.6 Å². The second kappa shape index (κ2) is 6.57. The second-order valence-electron chi connectivity index (χ2n) is 6.12. The van der Waals surface area contributed by atoms with Crippen molar-refractivity contribution in [2.75, 3.05) is 19.4 Å². The summed E-state index contributed by atoms with van der Waals surface area (Å²) in [6.07, 6.45) is 2.55. The third kappa shape index (κ3) is 2.89. The van der Waals surface area contributed by atoms with Crippen LogP contribution in [-0.4, -0.2) is 71.3 Å². The summed E-state index contributed by atoms with van der Waals surface area (Å²) in [6.45, 7) is -0.196. The highest BCUT2D eigenvalue weighted by atomic mass is 16.5. The molecular weight excluding hydrogens is 356 g/mol. The second-order valence-corrected chi connectivity index (χ2v) is 6.12. The number of hydrogen-bond donors (Lipinski definition) is 4. The van der Waals surface area contributed by atoms with E-state index < -0.39 is 18.4 Å². The molecule has 1 amide bonds. The molecule has 5 N–H and O–H groups in total. The molecule has 3 aromatic heterocycles. The molecule has 0 aliphatic carbocycles. The monoisotopic (exact) mass is 374 g/mol. The Morgan fingerprint density at radius 3 is 3.00 bits per heavy atom. The SMILES string of the molecule is CNC(=O)c1cnn(-c2nc(N)c3ncn([C@@H]4O[C@H](CO)C[C@H]4O)c3n2)c1. The van der Waals surface area contributed by atoms with Crippen LogP contribution in [0.15, 0.2) is 18.7 Å². The highest BCUT2D eigenvalue weighted by Gasteiger charge is 2.36. The zero-order chi connectivity index (χ0) is 19.1. The van der Waals surface area contributed by atoms with Gasteiger partial charge in [-0.1, -0.05) is 0 Å². The summed E-state index contributed by atoms with van der Waals surface area (Å²) in [5.41, 5.74) is 7.03. The number of amides is 1. The molecule has 0 spiro atoms. The highest BCUT2D eigenvalue weighted by molar-refractivity contribution is 5.93. The number of ether oxygens (including phenoxy) is 1. The number of aliphatic hydroxyl groups excluding tert-OH is 2. The van der Waals surface area contributed by atoms with Gasteiger partial charge in [0.05, 0.1) is 30.8 Å². The summed E-state index contributed by atoms with van der Waals surface area (Å²) in [7, 11) is 1.52. The van der Waals surface area contributed by atoms with E-state index in [1.165, 1.54) is 30.5 Å². The number of nitrogens with one attached hydrogen (secondary N) is 1. The quantitative estimate of drug-likeness (QED) is 0.429. The molecule has 27 heavy (non-hydrogen) atoms. The number of aliphatic hydroxyl groups is 2. The first-order valence-electron chi connectivity index (χ1n) is 8.23. The molecule has 1 saturated heterocycles. The Bertz CT molecular complexity index is 999. The number of anilines is 1. The van der Waals surface area contributed by atoms with Gasteiger partial charge in [0.25, 0.3) is 11.9 Å². The number of nitrogens with two attached hydrogens (primary N) is 1. The third-order valence-corrected chi connectivity index (χ3v) is 4.36. The predicted molar refractivity (Wildman–Crippen MR) is 91.9 cm³/mol. The molecule has 12 heteroatoms. The maximum Gasteiger partial charge on any atom is 0.254 e. The molecule has 0 aromatic carbocycles. The van der Waals surface area contributed by atoms with Gasteiger partial charge in [0.15, 0.2) is 17.7 Å². The largest absolute Gasteiger partial charge is 0.394 e. The molecular formula is C15H18N8O4. The minimum atomic E-state index is -0.830. The van der Waals surface area contributed by atoms with Crippen LogP contribution < -0.4 is 11.1 Å². The summed E-state index contributed by atoms with van der Waals surface area (Å²) in [6, 6.07) is 0. The summed E-state index contributed by atoms with van der Waals surface area (Å²) in [5, 5.41) is 26.1. The Kier molecular flexibility index (Phi) is 4.22. The Morgan fingerprint density at radius 2 is 2.30 bits per heavy atom. The van der Waals surface area contributed by atoms with Crippen LogP contribution in [0.25, 0.3) is 17.1 Å². The van der Waals surface area contributed by atoms with Gasteiger partial charge in [0, 0.05) is 19.7 Å². The molecule has 4 rings (SSSR count). The van der Waals surface area contributed by atoms with Gasteiger partial charge in [-0.25, -0.2) is 9.67 Å². The normalized spacial score (nSPS) is 22.4. The topological polar surface area (TPSA) is 166 Å². The molecule has 3 atom stereocenters. The number of carbonyl (C=O) groups is 1. The minimum Gasteiger partial charge on any atom is -0.394 e. The van der Waals surface area contributed by atoms with Gasteiger partial charge in [-0.3, -0.25) is 9.36 Å². The fourth-order valence-corrected chi connectivity index (χ4v) is 3.01. The van der Waals surface area contributed by atoms with Gasteiger partial charge in [0.2, 0.25) is 0 Å². The molecule has 1 fully saturated rings. The molecule has 0 bridgehead atoms. The van der Waals surface area contributed by atoms with E-state index in [9.17, 15) is 15.0 Å². The summed E-state index contributed by atoms with van der Waals surface area (Å²) < 4.78 is 8.52. The van der Waals surface area contributed by atoms with E-state index in [0.29, 0.717) is 23.1 Å². The van der Waals surface area contributed by atoms with E-state index in [1.54, 1.807) is 4.57 Å². The fraction of sp³-hybridized carbons (Fsp3) is 0.400.